The minimum atomic E-state index is -0.782. The lowest BCUT2D eigenvalue weighted by Crippen LogP contribution is -2.41. The minimum absolute atomic E-state index is 0.0167. The molecule has 1 unspecified atom stereocenters. The van der Waals surface area contributed by atoms with Gasteiger partial charge < -0.3 is 0 Å². The molecule has 1 aromatic carbocycles. The topological polar surface area (TPSA) is 101 Å². The second kappa shape index (κ2) is 7.10. The van der Waals surface area contributed by atoms with Gasteiger partial charge in [0, 0.05) is 30.3 Å². The number of carbonyl (C=O) groups excluding carboxylic acids is 2. The van der Waals surface area contributed by atoms with Crippen LogP contribution in [-0.2, 0) is 4.79 Å². The summed E-state index contributed by atoms with van der Waals surface area (Å²) >= 11 is 0. The SMILES string of the molecule is CC(CCC(=O)NNC(=O)c1ccccc1)[N+](=O)[O-]. The van der Waals surface area contributed by atoms with E-state index in [9.17, 15) is 19.7 Å². The van der Waals surface area contributed by atoms with Crippen molar-refractivity contribution in [1.29, 1.82) is 0 Å². The van der Waals surface area contributed by atoms with E-state index < -0.39 is 22.8 Å². The molecule has 7 heteroatoms. The average molecular weight is 265 g/mol. The van der Waals surface area contributed by atoms with Crippen LogP contribution < -0.4 is 10.9 Å². The summed E-state index contributed by atoms with van der Waals surface area (Å²) in [6.45, 7) is 1.43. The zero-order valence-corrected chi connectivity index (χ0v) is 10.5. The molecule has 0 radical (unpaired) electrons. The van der Waals surface area contributed by atoms with E-state index in [1.165, 1.54) is 6.92 Å². The van der Waals surface area contributed by atoms with Gasteiger partial charge >= 0.3 is 0 Å². The molecule has 1 rings (SSSR count). The van der Waals surface area contributed by atoms with Gasteiger partial charge in [-0.3, -0.25) is 30.6 Å². The molecule has 0 aliphatic carbocycles. The summed E-state index contributed by atoms with van der Waals surface area (Å²) in [5.74, 6) is -0.894. The quantitative estimate of drug-likeness (QED) is 0.609. The van der Waals surface area contributed by atoms with E-state index in [0.29, 0.717) is 5.56 Å². The predicted octanol–water partition coefficient (Wildman–Crippen LogP) is 0.893. The van der Waals surface area contributed by atoms with Crippen LogP contribution in [0, 0.1) is 10.1 Å². The Morgan fingerprint density at radius 3 is 2.47 bits per heavy atom. The molecule has 0 fully saturated rings. The standard InChI is InChI=1S/C12H15N3O4/c1-9(15(18)19)7-8-11(16)13-14-12(17)10-5-3-2-4-6-10/h2-6,9H,7-8H2,1H3,(H,13,16)(H,14,17). The molecule has 2 N–H and O–H groups in total. The Hall–Kier alpha value is -2.44. The fraction of sp³-hybridized carbons (Fsp3) is 0.333. The summed E-state index contributed by atoms with van der Waals surface area (Å²) in [5.41, 5.74) is 4.88. The third-order valence-electron chi connectivity index (χ3n) is 2.50. The fourth-order valence-electron chi connectivity index (χ4n) is 1.30. The van der Waals surface area contributed by atoms with E-state index in [1.54, 1.807) is 30.3 Å². The molecule has 102 valence electrons. The van der Waals surface area contributed by atoms with Crippen LogP contribution in [0.25, 0.3) is 0 Å². The van der Waals surface area contributed by atoms with Crippen LogP contribution >= 0.6 is 0 Å². The van der Waals surface area contributed by atoms with Crippen molar-refractivity contribution in [2.24, 2.45) is 0 Å². The number of benzene rings is 1. The number of rotatable bonds is 5. The number of hydrazine groups is 1. The smallest absolute Gasteiger partial charge is 0.269 e. The van der Waals surface area contributed by atoms with Crippen LogP contribution in [0.5, 0.6) is 0 Å². The summed E-state index contributed by atoms with van der Waals surface area (Å²) < 4.78 is 0. The van der Waals surface area contributed by atoms with Crippen LogP contribution in [0.4, 0.5) is 0 Å². The Labute approximate surface area is 110 Å². The highest BCUT2D eigenvalue weighted by Gasteiger charge is 2.15. The molecule has 2 amide bonds. The van der Waals surface area contributed by atoms with Crippen molar-refractivity contribution < 1.29 is 14.5 Å². The summed E-state index contributed by atoms with van der Waals surface area (Å²) in [7, 11) is 0. The maximum Gasteiger partial charge on any atom is 0.269 e. The Morgan fingerprint density at radius 2 is 1.89 bits per heavy atom. The van der Waals surface area contributed by atoms with Gasteiger partial charge in [-0.15, -0.1) is 0 Å². The first-order valence-electron chi connectivity index (χ1n) is 5.78. The highest BCUT2D eigenvalue weighted by Crippen LogP contribution is 2.00. The number of nitro groups is 1. The van der Waals surface area contributed by atoms with Crippen LogP contribution in [-0.4, -0.2) is 22.8 Å². The molecule has 0 bridgehead atoms. The average Bonchev–Trinajstić information content (AvgIpc) is 2.42. The largest absolute Gasteiger partial charge is 0.273 e. The predicted molar refractivity (Wildman–Crippen MR) is 67.7 cm³/mol. The van der Waals surface area contributed by atoms with E-state index in [-0.39, 0.29) is 12.8 Å². The summed E-state index contributed by atoms with van der Waals surface area (Å²) in [6, 6.07) is 7.61. The molecule has 0 aromatic heterocycles. The number of nitrogens with zero attached hydrogens (tertiary/aromatic N) is 1. The second-order valence-corrected chi connectivity index (χ2v) is 4.04. The number of hydrogen-bond acceptors (Lipinski definition) is 4. The summed E-state index contributed by atoms with van der Waals surface area (Å²) in [4.78, 5) is 32.8. The fourth-order valence-corrected chi connectivity index (χ4v) is 1.30. The molecule has 19 heavy (non-hydrogen) atoms. The van der Waals surface area contributed by atoms with Crippen molar-refractivity contribution >= 4 is 11.8 Å². The molecule has 1 atom stereocenters. The van der Waals surface area contributed by atoms with Crippen LogP contribution in [0.3, 0.4) is 0 Å². The normalized spacial score (nSPS) is 11.4. The molecule has 1 aromatic rings. The van der Waals surface area contributed by atoms with E-state index in [0.717, 1.165) is 0 Å². The van der Waals surface area contributed by atoms with Crippen molar-refractivity contribution in [2.75, 3.05) is 0 Å². The lowest BCUT2D eigenvalue weighted by atomic mass is 10.2. The molecule has 0 saturated carbocycles. The van der Waals surface area contributed by atoms with Crippen LogP contribution in [0.15, 0.2) is 30.3 Å². The lowest BCUT2D eigenvalue weighted by Gasteiger charge is -2.07. The molecule has 0 aliphatic heterocycles. The van der Waals surface area contributed by atoms with Crippen molar-refractivity contribution in [3.63, 3.8) is 0 Å². The molecule has 0 spiro atoms. The maximum atomic E-state index is 11.6. The Balaban J connectivity index is 2.31. The third-order valence-corrected chi connectivity index (χ3v) is 2.50. The summed E-state index contributed by atoms with van der Waals surface area (Å²) in [6.07, 6.45) is 0.108. The first-order valence-corrected chi connectivity index (χ1v) is 5.78. The van der Waals surface area contributed by atoms with E-state index in [1.807, 2.05) is 0 Å². The molecule has 0 heterocycles. The Bertz CT molecular complexity index is 461. The van der Waals surface area contributed by atoms with Crippen molar-refractivity contribution in [1.82, 2.24) is 10.9 Å². The first kappa shape index (κ1) is 14.6. The van der Waals surface area contributed by atoms with Gasteiger partial charge in [-0.1, -0.05) is 18.2 Å². The van der Waals surface area contributed by atoms with Crippen molar-refractivity contribution in [2.45, 2.75) is 25.8 Å². The van der Waals surface area contributed by atoms with E-state index in [4.69, 9.17) is 0 Å². The Kier molecular flexibility index (Phi) is 5.46. The van der Waals surface area contributed by atoms with Gasteiger partial charge in [-0.25, -0.2) is 0 Å². The maximum absolute atomic E-state index is 11.6. The van der Waals surface area contributed by atoms with E-state index in [2.05, 4.69) is 10.9 Å². The van der Waals surface area contributed by atoms with Gasteiger partial charge in [0.15, 0.2) is 0 Å². The minimum Gasteiger partial charge on any atom is -0.273 e. The molecular weight excluding hydrogens is 250 g/mol. The number of hydrogen-bond donors (Lipinski definition) is 2. The molecule has 0 saturated heterocycles. The molecule has 0 aliphatic rings. The van der Waals surface area contributed by atoms with Crippen molar-refractivity contribution in [3.05, 3.63) is 46.0 Å². The van der Waals surface area contributed by atoms with Crippen LogP contribution in [0.2, 0.25) is 0 Å². The van der Waals surface area contributed by atoms with Gasteiger partial charge in [0.05, 0.1) is 0 Å². The Morgan fingerprint density at radius 1 is 1.26 bits per heavy atom. The zero-order valence-electron chi connectivity index (χ0n) is 10.5. The number of carbonyl (C=O) groups is 2. The lowest BCUT2D eigenvalue weighted by molar-refractivity contribution is -0.518. The van der Waals surface area contributed by atoms with Gasteiger partial charge in [-0.05, 0) is 12.1 Å². The third kappa shape index (κ3) is 5.15. The molecular formula is C12H15N3O4. The van der Waals surface area contributed by atoms with Crippen LogP contribution in [0.1, 0.15) is 30.1 Å². The number of nitrogens with one attached hydrogen (secondary N) is 2. The highest BCUT2D eigenvalue weighted by molar-refractivity contribution is 5.95. The monoisotopic (exact) mass is 265 g/mol. The van der Waals surface area contributed by atoms with Gasteiger partial charge in [0.2, 0.25) is 11.9 Å². The van der Waals surface area contributed by atoms with Crippen molar-refractivity contribution in [3.8, 4) is 0 Å². The first-order chi connectivity index (χ1) is 9.00. The van der Waals surface area contributed by atoms with Gasteiger partial charge in [0.1, 0.15) is 0 Å². The highest BCUT2D eigenvalue weighted by atomic mass is 16.6. The second-order valence-electron chi connectivity index (χ2n) is 4.04. The van der Waals surface area contributed by atoms with E-state index >= 15 is 0 Å². The molecule has 7 nitrogen and oxygen atoms in total. The van der Waals surface area contributed by atoms with Gasteiger partial charge in [0.25, 0.3) is 5.91 Å². The zero-order chi connectivity index (χ0) is 14.3. The summed E-state index contributed by atoms with van der Waals surface area (Å²) in [5, 5.41) is 10.4. The number of amides is 2. The van der Waals surface area contributed by atoms with Gasteiger partial charge in [-0.2, -0.15) is 0 Å².